The van der Waals surface area contributed by atoms with Crippen molar-refractivity contribution in [3.05, 3.63) is 47.2 Å². The molecule has 1 N–H and O–H groups in total. The molecule has 27 heavy (non-hydrogen) atoms. The fraction of sp³-hybridized carbons (Fsp3) is 0.474. The zero-order chi connectivity index (χ0) is 19.8. The quantitative estimate of drug-likeness (QED) is 0.858. The van der Waals surface area contributed by atoms with E-state index in [0.717, 1.165) is 38.1 Å². The normalized spacial score (nSPS) is 23.4. The molecule has 1 aromatic carbocycles. The smallest absolute Gasteiger partial charge is 0.325 e. The monoisotopic (exact) mass is 379 g/mol. The van der Waals surface area contributed by atoms with Crippen LogP contribution in [0.15, 0.2) is 40.6 Å². The van der Waals surface area contributed by atoms with E-state index in [4.69, 9.17) is 4.99 Å². The van der Waals surface area contributed by atoms with Gasteiger partial charge in [-0.3, -0.25) is 10.4 Å². The molecule has 5 nitrogen and oxygen atoms in total. The molecule has 2 heterocycles. The third-order valence-corrected chi connectivity index (χ3v) is 4.97. The van der Waals surface area contributed by atoms with E-state index in [1.165, 1.54) is 6.07 Å². The molecule has 3 rings (SSSR count). The van der Waals surface area contributed by atoms with Crippen LogP contribution in [-0.2, 0) is 6.18 Å². The first-order valence-electron chi connectivity index (χ1n) is 8.88. The number of hydrogen-bond donors (Lipinski definition) is 1. The number of rotatable bonds is 2. The second-order valence-corrected chi connectivity index (χ2v) is 7.12. The van der Waals surface area contributed by atoms with Crippen molar-refractivity contribution in [3.63, 3.8) is 0 Å². The number of likely N-dealkylation sites (tertiary alicyclic amines) is 1. The average molecular weight is 379 g/mol. The van der Waals surface area contributed by atoms with Crippen molar-refractivity contribution in [2.75, 3.05) is 27.2 Å². The predicted molar refractivity (Wildman–Crippen MR) is 101 cm³/mol. The molecule has 0 bridgehead atoms. The van der Waals surface area contributed by atoms with Crippen LogP contribution in [0.5, 0.6) is 0 Å². The Hall–Kier alpha value is -2.35. The van der Waals surface area contributed by atoms with Crippen molar-refractivity contribution in [3.8, 4) is 0 Å². The van der Waals surface area contributed by atoms with Gasteiger partial charge in [0.15, 0.2) is 11.7 Å². The molecule has 0 spiro atoms. The largest absolute Gasteiger partial charge is 0.416 e. The Bertz CT molecular complexity index is 797. The minimum atomic E-state index is -4.36. The van der Waals surface area contributed by atoms with Crippen LogP contribution in [0.25, 0.3) is 0 Å². The highest BCUT2D eigenvalue weighted by molar-refractivity contribution is 6.10. The molecule has 0 aromatic heterocycles. The van der Waals surface area contributed by atoms with Gasteiger partial charge in [-0.05, 0) is 51.1 Å². The Kier molecular flexibility index (Phi) is 5.28. The molecular weight excluding hydrogens is 355 g/mol. The third-order valence-electron chi connectivity index (χ3n) is 4.97. The number of nitrogens with one attached hydrogen (secondary N) is 1. The van der Waals surface area contributed by atoms with Gasteiger partial charge >= 0.3 is 6.18 Å². The van der Waals surface area contributed by atoms with Crippen LogP contribution in [0.4, 0.5) is 13.2 Å². The lowest BCUT2D eigenvalue weighted by Crippen LogP contribution is -2.43. The topological polar surface area (TPSA) is 43.2 Å². The number of likely N-dealkylation sites (N-methyl/N-ethyl adjacent to an activating group) is 2. The summed E-state index contributed by atoms with van der Waals surface area (Å²) in [7, 11) is 3.87. The number of benzene rings is 1. The SMILES string of the molecule is C=C1C(=NC2CCCN(C)C2)NN=C(c2ccc(C(F)(F)F)cc2C)N1C. The summed E-state index contributed by atoms with van der Waals surface area (Å²) in [6.45, 7) is 7.69. The Morgan fingerprint density at radius 3 is 2.67 bits per heavy atom. The summed E-state index contributed by atoms with van der Waals surface area (Å²) in [6.07, 6.45) is -2.25. The number of aliphatic imine (C=N–C) groups is 1. The maximum Gasteiger partial charge on any atom is 0.416 e. The minimum absolute atomic E-state index is 0.181. The summed E-state index contributed by atoms with van der Waals surface area (Å²) in [4.78, 5) is 8.75. The van der Waals surface area contributed by atoms with Crippen molar-refractivity contribution in [1.82, 2.24) is 15.2 Å². The summed E-state index contributed by atoms with van der Waals surface area (Å²) in [6, 6.07) is 3.83. The third kappa shape index (κ3) is 4.16. The second-order valence-electron chi connectivity index (χ2n) is 7.12. The molecule has 1 unspecified atom stereocenters. The highest BCUT2D eigenvalue weighted by atomic mass is 19.4. The van der Waals surface area contributed by atoms with Gasteiger partial charge in [0.1, 0.15) is 0 Å². The molecule has 1 fully saturated rings. The molecule has 1 aromatic rings. The Morgan fingerprint density at radius 1 is 1.30 bits per heavy atom. The van der Waals surface area contributed by atoms with E-state index in [-0.39, 0.29) is 6.04 Å². The summed E-state index contributed by atoms with van der Waals surface area (Å²) in [5, 5.41) is 4.36. The number of piperidine rings is 1. The first-order valence-corrected chi connectivity index (χ1v) is 8.88. The molecule has 2 aliphatic rings. The Morgan fingerprint density at radius 2 is 2.04 bits per heavy atom. The van der Waals surface area contributed by atoms with E-state index in [1.54, 1.807) is 18.9 Å². The van der Waals surface area contributed by atoms with Gasteiger partial charge in [-0.1, -0.05) is 12.6 Å². The highest BCUT2D eigenvalue weighted by Gasteiger charge is 2.32. The number of amidine groups is 2. The van der Waals surface area contributed by atoms with E-state index < -0.39 is 11.7 Å². The molecule has 2 aliphatic heterocycles. The second kappa shape index (κ2) is 7.34. The fourth-order valence-corrected chi connectivity index (χ4v) is 3.39. The number of alkyl halides is 3. The predicted octanol–water partition coefficient (Wildman–Crippen LogP) is 3.22. The van der Waals surface area contributed by atoms with Crippen LogP contribution in [-0.4, -0.2) is 54.7 Å². The van der Waals surface area contributed by atoms with Crippen molar-refractivity contribution in [2.45, 2.75) is 32.0 Å². The molecule has 0 aliphatic carbocycles. The van der Waals surface area contributed by atoms with Gasteiger partial charge in [-0.25, -0.2) is 0 Å². The van der Waals surface area contributed by atoms with E-state index in [0.29, 0.717) is 28.5 Å². The molecule has 0 radical (unpaired) electrons. The van der Waals surface area contributed by atoms with Gasteiger partial charge in [-0.15, -0.1) is 0 Å². The number of hydrazone groups is 1. The van der Waals surface area contributed by atoms with E-state index in [1.807, 2.05) is 0 Å². The van der Waals surface area contributed by atoms with Crippen LogP contribution >= 0.6 is 0 Å². The molecule has 0 amide bonds. The van der Waals surface area contributed by atoms with Gasteiger partial charge in [0.05, 0.1) is 17.3 Å². The fourth-order valence-electron chi connectivity index (χ4n) is 3.39. The van der Waals surface area contributed by atoms with Crippen LogP contribution in [0, 0.1) is 6.92 Å². The summed E-state index contributed by atoms with van der Waals surface area (Å²) >= 11 is 0. The summed E-state index contributed by atoms with van der Waals surface area (Å²) in [5.74, 6) is 1.12. The molecule has 8 heteroatoms. The molecule has 1 saturated heterocycles. The van der Waals surface area contributed by atoms with Crippen LogP contribution < -0.4 is 5.43 Å². The highest BCUT2D eigenvalue weighted by Crippen LogP contribution is 2.31. The lowest BCUT2D eigenvalue weighted by Gasteiger charge is -2.32. The molecule has 146 valence electrons. The van der Waals surface area contributed by atoms with Crippen LogP contribution in [0.2, 0.25) is 0 Å². The number of aryl methyl sites for hydroxylation is 1. The van der Waals surface area contributed by atoms with E-state index in [9.17, 15) is 13.2 Å². The van der Waals surface area contributed by atoms with Gasteiger partial charge < -0.3 is 9.80 Å². The minimum Gasteiger partial charge on any atom is -0.325 e. The van der Waals surface area contributed by atoms with Crippen molar-refractivity contribution >= 4 is 11.7 Å². The zero-order valence-electron chi connectivity index (χ0n) is 15.8. The number of hydrogen-bond acceptors (Lipinski definition) is 4. The van der Waals surface area contributed by atoms with Crippen LogP contribution in [0.1, 0.15) is 29.5 Å². The first kappa shape index (κ1) is 19.4. The maximum absolute atomic E-state index is 12.9. The van der Waals surface area contributed by atoms with Crippen molar-refractivity contribution in [1.29, 1.82) is 0 Å². The molecule has 1 atom stereocenters. The van der Waals surface area contributed by atoms with Crippen LogP contribution in [0.3, 0.4) is 0 Å². The zero-order valence-corrected chi connectivity index (χ0v) is 15.8. The lowest BCUT2D eigenvalue weighted by molar-refractivity contribution is -0.137. The van der Waals surface area contributed by atoms with E-state index >= 15 is 0 Å². The first-order chi connectivity index (χ1) is 12.7. The van der Waals surface area contributed by atoms with Gasteiger partial charge in [0, 0.05) is 19.2 Å². The average Bonchev–Trinajstić information content (AvgIpc) is 2.59. The number of nitrogens with zero attached hydrogens (tertiary/aromatic N) is 4. The maximum atomic E-state index is 12.9. The summed E-state index contributed by atoms with van der Waals surface area (Å²) < 4.78 is 38.7. The van der Waals surface area contributed by atoms with Crippen molar-refractivity contribution < 1.29 is 13.2 Å². The number of halogens is 3. The van der Waals surface area contributed by atoms with Gasteiger partial charge in [0.2, 0.25) is 0 Å². The lowest BCUT2D eigenvalue weighted by atomic mass is 10.0. The van der Waals surface area contributed by atoms with Crippen molar-refractivity contribution in [2.24, 2.45) is 10.1 Å². The Balaban J connectivity index is 1.85. The molecule has 0 saturated carbocycles. The van der Waals surface area contributed by atoms with Gasteiger partial charge in [-0.2, -0.15) is 18.3 Å². The standard InChI is InChI=1S/C19H24F3N5/c1-12-10-14(19(20,21)22)7-8-16(12)18-25-24-17(13(2)27(18)4)23-15-6-5-9-26(3)11-15/h7-8,10,15H,2,5-6,9,11H2,1,3-4H3,(H,23,24). The van der Waals surface area contributed by atoms with E-state index in [2.05, 4.69) is 29.1 Å². The molecular formula is C19H24F3N5. The van der Waals surface area contributed by atoms with Gasteiger partial charge in [0.25, 0.3) is 0 Å². The summed E-state index contributed by atoms with van der Waals surface area (Å²) in [5.41, 5.74) is 4.04. The Labute approximate surface area is 157 Å².